The second kappa shape index (κ2) is 6.09. The molecule has 4 N–H and O–H groups in total. The van der Waals surface area contributed by atoms with Crippen LogP contribution in [0.2, 0.25) is 5.02 Å². The van der Waals surface area contributed by atoms with Crippen molar-refractivity contribution < 1.29 is 10.2 Å². The minimum atomic E-state index is -0.277. The first-order valence-corrected chi connectivity index (χ1v) is 4.35. The van der Waals surface area contributed by atoms with E-state index in [-0.39, 0.29) is 30.8 Å². The minimum absolute atomic E-state index is 0. The van der Waals surface area contributed by atoms with Crippen molar-refractivity contribution in [3.8, 4) is 5.75 Å². The number of aliphatic hydroxyl groups excluding tert-OH is 1. The summed E-state index contributed by atoms with van der Waals surface area (Å²) in [6.07, 6.45) is 0.552. The van der Waals surface area contributed by atoms with Gasteiger partial charge in [0.05, 0.1) is 11.6 Å². The van der Waals surface area contributed by atoms with Gasteiger partial charge in [0.25, 0.3) is 0 Å². The van der Waals surface area contributed by atoms with Crippen LogP contribution in [0, 0.1) is 0 Å². The molecule has 1 atom stereocenters. The molecule has 0 saturated carbocycles. The molecule has 14 heavy (non-hydrogen) atoms. The Morgan fingerprint density at radius 2 is 2.07 bits per heavy atom. The fourth-order valence-electron chi connectivity index (χ4n) is 1.04. The van der Waals surface area contributed by atoms with Crippen molar-refractivity contribution in [1.82, 2.24) is 0 Å². The largest absolute Gasteiger partial charge is 0.506 e. The summed E-state index contributed by atoms with van der Waals surface area (Å²) in [5.74, 6) is 0.0583. The van der Waals surface area contributed by atoms with Crippen LogP contribution in [0.3, 0.4) is 0 Å². The van der Waals surface area contributed by atoms with Crippen molar-refractivity contribution in [2.24, 2.45) is 5.73 Å². The smallest absolute Gasteiger partial charge is 0.134 e. The van der Waals surface area contributed by atoms with Crippen LogP contribution in [-0.4, -0.2) is 22.9 Å². The fraction of sp³-hybridized carbons (Fsp3) is 0.333. The van der Waals surface area contributed by atoms with Gasteiger partial charge in [0.1, 0.15) is 5.75 Å². The Kier molecular flexibility index (Phi) is 5.88. The van der Waals surface area contributed by atoms with Crippen LogP contribution in [0.1, 0.15) is 5.56 Å². The zero-order chi connectivity index (χ0) is 9.84. The summed E-state index contributed by atoms with van der Waals surface area (Å²) in [7, 11) is 0. The number of nitrogens with two attached hydrogens (primary N) is 1. The zero-order valence-corrected chi connectivity index (χ0v) is 9.05. The third-order valence-corrected chi connectivity index (χ3v) is 2.05. The molecule has 0 fully saturated rings. The molecule has 3 nitrogen and oxygen atoms in total. The Morgan fingerprint density at radius 3 is 2.57 bits per heavy atom. The quantitative estimate of drug-likeness (QED) is 0.744. The van der Waals surface area contributed by atoms with E-state index in [1.54, 1.807) is 12.1 Å². The second-order valence-electron chi connectivity index (χ2n) is 2.93. The lowest BCUT2D eigenvalue weighted by Gasteiger charge is -2.08. The van der Waals surface area contributed by atoms with Crippen molar-refractivity contribution >= 4 is 24.0 Å². The highest BCUT2D eigenvalue weighted by Gasteiger charge is 2.04. The van der Waals surface area contributed by atoms with E-state index in [1.807, 2.05) is 0 Å². The first-order chi connectivity index (χ1) is 6.13. The molecule has 0 spiro atoms. The van der Waals surface area contributed by atoms with Gasteiger partial charge in [-0.2, -0.15) is 0 Å². The summed E-state index contributed by atoms with van der Waals surface area (Å²) in [4.78, 5) is 0. The number of aromatic hydroxyl groups is 1. The number of phenols is 1. The average molecular weight is 238 g/mol. The van der Waals surface area contributed by atoms with Crippen molar-refractivity contribution in [3.63, 3.8) is 0 Å². The standard InChI is InChI=1S/C9H12ClNO2.ClH/c10-8-4-6(1-2-9(8)13)3-7(11)5-12;/h1-2,4,7,12-13H,3,5,11H2;1H. The van der Waals surface area contributed by atoms with Crippen LogP contribution in [0.5, 0.6) is 5.75 Å². The van der Waals surface area contributed by atoms with E-state index in [0.717, 1.165) is 5.56 Å². The van der Waals surface area contributed by atoms with Gasteiger partial charge >= 0.3 is 0 Å². The van der Waals surface area contributed by atoms with E-state index in [2.05, 4.69) is 0 Å². The van der Waals surface area contributed by atoms with Gasteiger partial charge in [-0.25, -0.2) is 0 Å². The molecule has 5 heteroatoms. The van der Waals surface area contributed by atoms with Crippen LogP contribution in [0.25, 0.3) is 0 Å². The molecule has 0 aliphatic heterocycles. The first-order valence-electron chi connectivity index (χ1n) is 3.97. The molecular formula is C9H13Cl2NO2. The maximum Gasteiger partial charge on any atom is 0.134 e. The summed E-state index contributed by atoms with van der Waals surface area (Å²) in [6.45, 7) is -0.0570. The Hall–Kier alpha value is -0.480. The lowest BCUT2D eigenvalue weighted by atomic mass is 10.1. The van der Waals surface area contributed by atoms with Crippen LogP contribution < -0.4 is 5.73 Å². The summed E-state index contributed by atoms with van der Waals surface area (Å²) in [5.41, 5.74) is 6.44. The second-order valence-corrected chi connectivity index (χ2v) is 3.34. The molecule has 0 saturated heterocycles. The monoisotopic (exact) mass is 237 g/mol. The predicted molar refractivity (Wildman–Crippen MR) is 59.1 cm³/mol. The van der Waals surface area contributed by atoms with E-state index in [4.69, 9.17) is 27.5 Å². The number of halogens is 2. The van der Waals surface area contributed by atoms with Gasteiger partial charge in [0.15, 0.2) is 0 Å². The number of aliphatic hydroxyl groups is 1. The Morgan fingerprint density at radius 1 is 1.43 bits per heavy atom. The molecule has 0 aromatic heterocycles. The van der Waals surface area contributed by atoms with Crippen LogP contribution in [-0.2, 0) is 6.42 Å². The first kappa shape index (κ1) is 13.5. The Bertz CT molecular complexity index is 294. The van der Waals surface area contributed by atoms with Gasteiger partial charge in [-0.15, -0.1) is 12.4 Å². The van der Waals surface area contributed by atoms with Crippen LogP contribution in [0.4, 0.5) is 0 Å². The highest BCUT2D eigenvalue weighted by Crippen LogP contribution is 2.23. The van der Waals surface area contributed by atoms with E-state index in [1.165, 1.54) is 6.07 Å². The molecule has 0 amide bonds. The van der Waals surface area contributed by atoms with Crippen LogP contribution in [0.15, 0.2) is 18.2 Å². The Balaban J connectivity index is 0.00000169. The van der Waals surface area contributed by atoms with Gasteiger partial charge in [0, 0.05) is 6.04 Å². The third-order valence-electron chi connectivity index (χ3n) is 1.74. The van der Waals surface area contributed by atoms with Gasteiger partial charge in [-0.05, 0) is 24.1 Å². The fourth-order valence-corrected chi connectivity index (χ4v) is 1.25. The number of rotatable bonds is 3. The summed E-state index contributed by atoms with van der Waals surface area (Å²) in [6, 6.07) is 4.62. The normalized spacial score (nSPS) is 11.9. The highest BCUT2D eigenvalue weighted by molar-refractivity contribution is 6.32. The molecule has 0 aliphatic carbocycles. The van der Waals surface area contributed by atoms with E-state index < -0.39 is 0 Å². The maximum atomic E-state index is 9.12. The van der Waals surface area contributed by atoms with Crippen molar-refractivity contribution in [2.75, 3.05) is 6.61 Å². The van der Waals surface area contributed by atoms with Gasteiger partial charge in [0.2, 0.25) is 0 Å². The third kappa shape index (κ3) is 3.72. The predicted octanol–water partition coefficient (Wildman–Crippen LogP) is 1.33. The number of benzene rings is 1. The molecule has 1 aromatic rings. The summed E-state index contributed by atoms with van der Waals surface area (Å²) >= 11 is 5.69. The summed E-state index contributed by atoms with van der Waals surface area (Å²) in [5, 5.41) is 18.1. The van der Waals surface area contributed by atoms with E-state index >= 15 is 0 Å². The summed E-state index contributed by atoms with van der Waals surface area (Å²) < 4.78 is 0. The molecule has 0 heterocycles. The van der Waals surface area contributed by atoms with Crippen molar-refractivity contribution in [3.05, 3.63) is 28.8 Å². The maximum absolute atomic E-state index is 9.12. The molecule has 1 rings (SSSR count). The molecule has 1 aromatic carbocycles. The van der Waals surface area contributed by atoms with Crippen molar-refractivity contribution in [2.45, 2.75) is 12.5 Å². The van der Waals surface area contributed by atoms with E-state index in [9.17, 15) is 0 Å². The SMILES string of the molecule is Cl.NC(CO)Cc1ccc(O)c(Cl)c1. The Labute approximate surface area is 93.9 Å². The zero-order valence-electron chi connectivity index (χ0n) is 7.48. The van der Waals surface area contributed by atoms with Gasteiger partial charge in [-0.3, -0.25) is 0 Å². The average Bonchev–Trinajstić information content (AvgIpc) is 2.11. The highest BCUT2D eigenvalue weighted by atomic mass is 35.5. The lowest BCUT2D eigenvalue weighted by molar-refractivity contribution is 0.265. The number of phenolic OH excluding ortho intramolecular Hbond substituents is 1. The topological polar surface area (TPSA) is 66.5 Å². The molecular weight excluding hydrogens is 225 g/mol. The van der Waals surface area contributed by atoms with E-state index in [0.29, 0.717) is 11.4 Å². The van der Waals surface area contributed by atoms with Gasteiger partial charge in [-0.1, -0.05) is 17.7 Å². The van der Waals surface area contributed by atoms with Gasteiger partial charge < -0.3 is 15.9 Å². The number of hydrogen-bond acceptors (Lipinski definition) is 3. The molecule has 0 radical (unpaired) electrons. The molecule has 0 bridgehead atoms. The molecule has 80 valence electrons. The molecule has 1 unspecified atom stereocenters. The van der Waals surface area contributed by atoms with Crippen molar-refractivity contribution in [1.29, 1.82) is 0 Å². The lowest BCUT2D eigenvalue weighted by Crippen LogP contribution is -2.26. The number of hydrogen-bond donors (Lipinski definition) is 3. The minimum Gasteiger partial charge on any atom is -0.506 e. The van der Waals surface area contributed by atoms with Crippen LogP contribution >= 0.6 is 24.0 Å². The molecule has 0 aliphatic rings.